The van der Waals surface area contributed by atoms with E-state index in [-0.39, 0.29) is 19.0 Å². The summed E-state index contributed by atoms with van der Waals surface area (Å²) in [5, 5.41) is 11.8. The zero-order chi connectivity index (χ0) is 15.9. The number of carboxylic acid groups (broad SMARTS) is 1. The van der Waals surface area contributed by atoms with Crippen LogP contribution in [0, 0.1) is 0 Å². The second kappa shape index (κ2) is 7.56. The zero-order valence-corrected chi connectivity index (χ0v) is 13.0. The molecule has 2 aromatic rings. The van der Waals surface area contributed by atoms with Gasteiger partial charge in [0, 0.05) is 31.1 Å². The minimum absolute atomic E-state index is 0.0823. The molecule has 1 aromatic carbocycles. The quantitative estimate of drug-likeness (QED) is 0.857. The molecule has 6 nitrogen and oxygen atoms in total. The molecule has 0 aliphatic rings. The summed E-state index contributed by atoms with van der Waals surface area (Å²) >= 11 is 1.41. The molecule has 0 unspecified atom stereocenters. The van der Waals surface area contributed by atoms with E-state index in [1.807, 2.05) is 30.3 Å². The van der Waals surface area contributed by atoms with Gasteiger partial charge in [-0.05, 0) is 5.56 Å². The maximum atomic E-state index is 11.9. The molecular formula is C15H17N3O3S. The number of carbonyl (C=O) groups is 2. The lowest BCUT2D eigenvalue weighted by Crippen LogP contribution is -2.33. The van der Waals surface area contributed by atoms with Crippen molar-refractivity contribution in [2.75, 3.05) is 18.9 Å². The number of anilines is 1. The molecule has 2 amide bonds. The van der Waals surface area contributed by atoms with Crippen LogP contribution >= 0.6 is 11.3 Å². The summed E-state index contributed by atoms with van der Waals surface area (Å²) in [5.41, 5.74) is 1.18. The number of hydrogen-bond donors (Lipinski definition) is 2. The van der Waals surface area contributed by atoms with Gasteiger partial charge in [0.15, 0.2) is 5.13 Å². The van der Waals surface area contributed by atoms with Crippen molar-refractivity contribution in [1.29, 1.82) is 0 Å². The molecule has 0 spiro atoms. The Morgan fingerprint density at radius 3 is 2.73 bits per heavy atom. The molecule has 0 saturated heterocycles. The van der Waals surface area contributed by atoms with E-state index in [9.17, 15) is 9.59 Å². The Bertz CT molecular complexity index is 642. The van der Waals surface area contributed by atoms with Gasteiger partial charge < -0.3 is 10.0 Å². The number of nitrogens with one attached hydrogen (secondary N) is 1. The van der Waals surface area contributed by atoms with Gasteiger partial charge in [-0.25, -0.2) is 9.78 Å². The fourth-order valence-electron chi connectivity index (χ4n) is 1.80. The van der Waals surface area contributed by atoms with Crippen LogP contribution in [0.5, 0.6) is 0 Å². The number of benzene rings is 1. The van der Waals surface area contributed by atoms with Gasteiger partial charge in [-0.2, -0.15) is 0 Å². The third-order valence-corrected chi connectivity index (χ3v) is 3.91. The summed E-state index contributed by atoms with van der Waals surface area (Å²) in [6.07, 6.45) is 2.43. The highest BCUT2D eigenvalue weighted by Crippen LogP contribution is 2.21. The number of aliphatic carboxylic acids is 1. The second-order valence-electron chi connectivity index (χ2n) is 4.79. The van der Waals surface area contributed by atoms with Crippen molar-refractivity contribution >= 4 is 28.5 Å². The molecule has 22 heavy (non-hydrogen) atoms. The molecular weight excluding hydrogens is 302 g/mol. The van der Waals surface area contributed by atoms with Crippen LogP contribution in [-0.2, 0) is 11.2 Å². The molecule has 1 aromatic heterocycles. The molecule has 7 heteroatoms. The lowest BCUT2D eigenvalue weighted by molar-refractivity contribution is -0.137. The largest absolute Gasteiger partial charge is 0.481 e. The monoisotopic (exact) mass is 319 g/mol. The first-order chi connectivity index (χ1) is 10.5. The molecule has 0 saturated carbocycles. The van der Waals surface area contributed by atoms with Crippen LogP contribution < -0.4 is 5.32 Å². The minimum atomic E-state index is -0.931. The molecule has 116 valence electrons. The Kier molecular flexibility index (Phi) is 5.48. The molecule has 0 radical (unpaired) electrons. The number of carbonyl (C=O) groups excluding carboxylic acids is 1. The molecule has 0 aliphatic heterocycles. The SMILES string of the molecule is CN(CCC(=O)O)C(=O)Nc1ncc(Cc2ccccc2)s1. The van der Waals surface area contributed by atoms with Gasteiger partial charge in [-0.1, -0.05) is 30.3 Å². The maximum absolute atomic E-state index is 11.9. The van der Waals surface area contributed by atoms with E-state index in [0.29, 0.717) is 5.13 Å². The number of nitrogens with zero attached hydrogens (tertiary/aromatic N) is 2. The van der Waals surface area contributed by atoms with Gasteiger partial charge in [0.05, 0.1) is 6.42 Å². The van der Waals surface area contributed by atoms with Crippen molar-refractivity contribution in [1.82, 2.24) is 9.88 Å². The highest BCUT2D eigenvalue weighted by atomic mass is 32.1. The fraction of sp³-hybridized carbons (Fsp3) is 0.267. The molecule has 0 bridgehead atoms. The summed E-state index contributed by atoms with van der Waals surface area (Å²) in [6, 6.07) is 9.65. The summed E-state index contributed by atoms with van der Waals surface area (Å²) in [6.45, 7) is 0.156. The molecule has 0 fully saturated rings. The van der Waals surface area contributed by atoms with Crippen LogP contribution in [0.1, 0.15) is 16.9 Å². The normalized spacial score (nSPS) is 10.2. The van der Waals surface area contributed by atoms with Crippen molar-refractivity contribution < 1.29 is 14.7 Å². The van der Waals surface area contributed by atoms with Crippen molar-refractivity contribution in [2.24, 2.45) is 0 Å². The predicted octanol–water partition coefficient (Wildman–Crippen LogP) is 2.67. The molecule has 0 aliphatic carbocycles. The van der Waals surface area contributed by atoms with E-state index in [4.69, 9.17) is 5.11 Å². The Morgan fingerprint density at radius 1 is 1.32 bits per heavy atom. The molecule has 2 rings (SSSR count). The Balaban J connectivity index is 1.89. The van der Waals surface area contributed by atoms with Gasteiger partial charge in [-0.15, -0.1) is 11.3 Å². The first kappa shape index (κ1) is 16.0. The van der Waals surface area contributed by atoms with E-state index in [0.717, 1.165) is 11.3 Å². The van der Waals surface area contributed by atoms with Crippen molar-refractivity contribution in [3.8, 4) is 0 Å². The van der Waals surface area contributed by atoms with Gasteiger partial charge >= 0.3 is 12.0 Å². The molecule has 0 atom stereocenters. The maximum Gasteiger partial charge on any atom is 0.323 e. The molecule has 1 heterocycles. The topological polar surface area (TPSA) is 82.5 Å². The first-order valence-electron chi connectivity index (χ1n) is 6.77. The standard InChI is InChI=1S/C15H17N3O3S/c1-18(8-7-13(19)20)15(21)17-14-16-10-12(22-14)9-11-5-3-2-4-6-11/h2-6,10H,7-9H2,1H3,(H,19,20)(H,16,17,21). The van der Waals surface area contributed by atoms with E-state index < -0.39 is 5.97 Å². The van der Waals surface area contributed by atoms with Crippen molar-refractivity contribution in [2.45, 2.75) is 12.8 Å². The third-order valence-electron chi connectivity index (χ3n) is 3.00. The second-order valence-corrected chi connectivity index (χ2v) is 5.90. The average Bonchev–Trinajstić information content (AvgIpc) is 2.92. The van der Waals surface area contributed by atoms with Gasteiger partial charge in [-0.3, -0.25) is 10.1 Å². The van der Waals surface area contributed by atoms with Crippen molar-refractivity contribution in [3.05, 3.63) is 47.0 Å². The highest BCUT2D eigenvalue weighted by molar-refractivity contribution is 7.15. The number of carboxylic acids is 1. The number of thiazole rings is 1. The third kappa shape index (κ3) is 4.85. The number of hydrogen-bond acceptors (Lipinski definition) is 4. The first-order valence-corrected chi connectivity index (χ1v) is 7.59. The van der Waals surface area contributed by atoms with Gasteiger partial charge in [0.1, 0.15) is 0 Å². The minimum Gasteiger partial charge on any atom is -0.481 e. The van der Waals surface area contributed by atoms with E-state index >= 15 is 0 Å². The lowest BCUT2D eigenvalue weighted by atomic mass is 10.1. The Hall–Kier alpha value is -2.41. The van der Waals surface area contributed by atoms with Crippen molar-refractivity contribution in [3.63, 3.8) is 0 Å². The number of aromatic nitrogens is 1. The Labute approximate surface area is 132 Å². The number of urea groups is 1. The summed E-state index contributed by atoms with van der Waals surface area (Å²) in [4.78, 5) is 28.9. The van der Waals surface area contributed by atoms with Crippen LogP contribution in [0.2, 0.25) is 0 Å². The summed E-state index contributed by atoms with van der Waals surface area (Å²) in [7, 11) is 1.55. The van der Waals surface area contributed by atoms with Crippen LogP contribution in [-0.4, -0.2) is 40.6 Å². The van der Waals surface area contributed by atoms with Crippen LogP contribution in [0.15, 0.2) is 36.5 Å². The predicted molar refractivity (Wildman–Crippen MR) is 85.3 cm³/mol. The molecule has 2 N–H and O–H groups in total. The van der Waals surface area contributed by atoms with E-state index in [1.54, 1.807) is 13.2 Å². The van der Waals surface area contributed by atoms with E-state index in [2.05, 4.69) is 10.3 Å². The summed E-state index contributed by atoms with van der Waals surface area (Å²) in [5.74, 6) is -0.931. The van der Waals surface area contributed by atoms with Crippen LogP contribution in [0.25, 0.3) is 0 Å². The van der Waals surface area contributed by atoms with Crippen LogP contribution in [0.3, 0.4) is 0 Å². The number of rotatable bonds is 6. The van der Waals surface area contributed by atoms with Crippen LogP contribution in [0.4, 0.5) is 9.93 Å². The Morgan fingerprint density at radius 2 is 2.05 bits per heavy atom. The lowest BCUT2D eigenvalue weighted by Gasteiger charge is -2.15. The van der Waals surface area contributed by atoms with Gasteiger partial charge in [0.2, 0.25) is 0 Å². The number of amides is 2. The van der Waals surface area contributed by atoms with E-state index in [1.165, 1.54) is 21.8 Å². The highest BCUT2D eigenvalue weighted by Gasteiger charge is 2.12. The van der Waals surface area contributed by atoms with Gasteiger partial charge in [0.25, 0.3) is 0 Å². The average molecular weight is 319 g/mol. The fourth-order valence-corrected chi connectivity index (χ4v) is 2.63. The summed E-state index contributed by atoms with van der Waals surface area (Å²) < 4.78 is 0. The smallest absolute Gasteiger partial charge is 0.323 e. The zero-order valence-electron chi connectivity index (χ0n) is 12.2.